The molecule has 4 nitrogen and oxygen atoms in total. The largest absolute Gasteiger partial charge is 0.398 e. The number of nitrogen functional groups attached to an aromatic ring is 1. The molecule has 0 spiro atoms. The van der Waals surface area contributed by atoms with Crippen LogP contribution in [-0.4, -0.2) is 10.9 Å². The van der Waals surface area contributed by atoms with Gasteiger partial charge < -0.3 is 11.1 Å². The first kappa shape index (κ1) is 14.0. The second-order valence-corrected chi connectivity index (χ2v) is 6.99. The van der Waals surface area contributed by atoms with E-state index < -0.39 is 0 Å². The first-order chi connectivity index (χ1) is 8.88. The van der Waals surface area contributed by atoms with E-state index in [0.717, 1.165) is 20.5 Å². The highest BCUT2D eigenvalue weighted by atomic mass is 32.1. The van der Waals surface area contributed by atoms with Gasteiger partial charge in [-0.15, -0.1) is 22.7 Å². The Kier molecular flexibility index (Phi) is 3.91. The minimum absolute atomic E-state index is 0.0395. The van der Waals surface area contributed by atoms with E-state index in [1.807, 2.05) is 27.7 Å². The molecule has 0 aromatic carbocycles. The molecule has 1 unspecified atom stereocenters. The number of thiazole rings is 1. The summed E-state index contributed by atoms with van der Waals surface area (Å²) in [5, 5.41) is 4.01. The number of carbonyl (C=O) groups is 1. The molecular formula is C13H17N3OS2. The molecular weight excluding hydrogens is 278 g/mol. The van der Waals surface area contributed by atoms with Crippen LogP contribution in [0.2, 0.25) is 0 Å². The van der Waals surface area contributed by atoms with Crippen LogP contribution in [0.4, 0.5) is 5.69 Å². The molecule has 0 radical (unpaired) electrons. The standard InChI is InChI=1S/C13H17N3OS2/c1-6-12(19-9(4)15-6)7(2)16-13(17)11-5-10(14)8(3)18-11/h5,7H,14H2,1-4H3,(H,16,17). The number of thiophene rings is 1. The van der Waals surface area contributed by atoms with E-state index in [1.54, 1.807) is 17.4 Å². The van der Waals surface area contributed by atoms with Gasteiger partial charge in [0.15, 0.2) is 0 Å². The second-order valence-electron chi connectivity index (χ2n) is 4.50. The quantitative estimate of drug-likeness (QED) is 0.913. The fourth-order valence-electron chi connectivity index (χ4n) is 1.89. The van der Waals surface area contributed by atoms with E-state index >= 15 is 0 Å². The maximum atomic E-state index is 12.1. The molecule has 2 aromatic heterocycles. The maximum absolute atomic E-state index is 12.1. The van der Waals surface area contributed by atoms with Gasteiger partial charge in [0.25, 0.3) is 5.91 Å². The highest BCUT2D eigenvalue weighted by Crippen LogP contribution is 2.27. The molecule has 0 aliphatic rings. The van der Waals surface area contributed by atoms with Crippen molar-refractivity contribution in [3.8, 4) is 0 Å². The molecule has 2 heterocycles. The first-order valence-corrected chi connectivity index (χ1v) is 7.62. The van der Waals surface area contributed by atoms with Crippen molar-refractivity contribution < 1.29 is 4.79 Å². The topological polar surface area (TPSA) is 68.0 Å². The van der Waals surface area contributed by atoms with Crippen molar-refractivity contribution in [3.63, 3.8) is 0 Å². The molecule has 0 saturated carbocycles. The lowest BCUT2D eigenvalue weighted by Crippen LogP contribution is -2.25. The van der Waals surface area contributed by atoms with Crippen molar-refractivity contribution >= 4 is 34.3 Å². The van der Waals surface area contributed by atoms with E-state index in [0.29, 0.717) is 10.6 Å². The number of aromatic nitrogens is 1. The van der Waals surface area contributed by atoms with Crippen molar-refractivity contribution in [2.24, 2.45) is 0 Å². The molecule has 2 rings (SSSR count). The number of nitrogens with zero attached hydrogens (tertiary/aromatic N) is 1. The van der Waals surface area contributed by atoms with Crippen LogP contribution in [0.5, 0.6) is 0 Å². The van der Waals surface area contributed by atoms with Crippen molar-refractivity contribution in [2.75, 3.05) is 5.73 Å². The molecule has 1 atom stereocenters. The Labute approximate surface area is 120 Å². The molecule has 102 valence electrons. The number of nitrogens with two attached hydrogens (primary N) is 1. The summed E-state index contributed by atoms with van der Waals surface area (Å²) in [6.07, 6.45) is 0. The van der Waals surface area contributed by atoms with Crippen molar-refractivity contribution in [1.29, 1.82) is 0 Å². The van der Waals surface area contributed by atoms with Crippen LogP contribution in [0, 0.1) is 20.8 Å². The third kappa shape index (κ3) is 2.96. The molecule has 0 aliphatic carbocycles. The summed E-state index contributed by atoms with van der Waals surface area (Å²) in [6, 6.07) is 1.69. The maximum Gasteiger partial charge on any atom is 0.261 e. The first-order valence-electron chi connectivity index (χ1n) is 5.99. The minimum Gasteiger partial charge on any atom is -0.398 e. The van der Waals surface area contributed by atoms with E-state index in [4.69, 9.17) is 5.73 Å². The Morgan fingerprint density at radius 3 is 2.53 bits per heavy atom. The molecule has 0 aliphatic heterocycles. The van der Waals surface area contributed by atoms with Crippen LogP contribution in [0.15, 0.2) is 6.07 Å². The van der Waals surface area contributed by atoms with Gasteiger partial charge in [0.2, 0.25) is 0 Å². The average molecular weight is 295 g/mol. The molecule has 3 N–H and O–H groups in total. The molecule has 19 heavy (non-hydrogen) atoms. The number of aryl methyl sites for hydroxylation is 3. The zero-order valence-corrected chi connectivity index (χ0v) is 13.0. The third-order valence-electron chi connectivity index (χ3n) is 2.86. The zero-order chi connectivity index (χ0) is 14.2. The molecule has 6 heteroatoms. The van der Waals surface area contributed by atoms with Crippen LogP contribution in [0.3, 0.4) is 0 Å². The van der Waals surface area contributed by atoms with E-state index in [2.05, 4.69) is 10.3 Å². The lowest BCUT2D eigenvalue weighted by Gasteiger charge is -2.11. The molecule has 0 bridgehead atoms. The number of nitrogens with one attached hydrogen (secondary N) is 1. The number of hydrogen-bond acceptors (Lipinski definition) is 5. The second kappa shape index (κ2) is 5.30. The predicted molar refractivity (Wildman–Crippen MR) is 80.9 cm³/mol. The lowest BCUT2D eigenvalue weighted by molar-refractivity contribution is 0.0944. The SMILES string of the molecule is Cc1nc(C)c(C(C)NC(=O)c2cc(N)c(C)s2)s1. The van der Waals surface area contributed by atoms with Crippen molar-refractivity contribution in [1.82, 2.24) is 10.3 Å². The Bertz CT molecular complexity index is 596. The fraction of sp³-hybridized carbons (Fsp3) is 0.385. The summed E-state index contributed by atoms with van der Waals surface area (Å²) in [7, 11) is 0. The highest BCUT2D eigenvalue weighted by Gasteiger charge is 2.17. The Balaban J connectivity index is 2.12. The van der Waals surface area contributed by atoms with Gasteiger partial charge >= 0.3 is 0 Å². The zero-order valence-electron chi connectivity index (χ0n) is 11.4. The highest BCUT2D eigenvalue weighted by molar-refractivity contribution is 7.14. The van der Waals surface area contributed by atoms with E-state index in [9.17, 15) is 4.79 Å². The molecule has 0 fully saturated rings. The van der Waals surface area contributed by atoms with Crippen molar-refractivity contribution in [2.45, 2.75) is 33.7 Å². The molecule has 1 amide bonds. The van der Waals surface area contributed by atoms with Crippen LogP contribution < -0.4 is 11.1 Å². The molecule has 0 saturated heterocycles. The Hall–Kier alpha value is -1.40. The smallest absolute Gasteiger partial charge is 0.261 e. The number of rotatable bonds is 3. The van der Waals surface area contributed by atoms with Crippen LogP contribution >= 0.6 is 22.7 Å². The summed E-state index contributed by atoms with van der Waals surface area (Å²) < 4.78 is 0. The Morgan fingerprint density at radius 1 is 1.37 bits per heavy atom. The molecule has 2 aromatic rings. The summed E-state index contributed by atoms with van der Waals surface area (Å²) in [5.74, 6) is -0.0808. The third-order valence-corrected chi connectivity index (χ3v) is 5.18. The van der Waals surface area contributed by atoms with Gasteiger partial charge in [0.05, 0.1) is 21.6 Å². The number of hydrogen-bond donors (Lipinski definition) is 2. The average Bonchev–Trinajstić information content (AvgIpc) is 2.82. The van der Waals surface area contributed by atoms with Gasteiger partial charge in [-0.3, -0.25) is 4.79 Å². The van der Waals surface area contributed by atoms with E-state index in [-0.39, 0.29) is 11.9 Å². The van der Waals surface area contributed by atoms with Crippen LogP contribution in [-0.2, 0) is 0 Å². The summed E-state index contributed by atoms with van der Waals surface area (Å²) in [5.41, 5.74) is 7.43. The number of amides is 1. The van der Waals surface area contributed by atoms with Gasteiger partial charge in [-0.1, -0.05) is 0 Å². The summed E-state index contributed by atoms with van der Waals surface area (Å²) in [6.45, 7) is 7.83. The monoisotopic (exact) mass is 295 g/mol. The number of anilines is 1. The van der Waals surface area contributed by atoms with Crippen LogP contribution in [0.1, 0.15) is 43.1 Å². The number of carbonyl (C=O) groups excluding carboxylic acids is 1. The predicted octanol–water partition coefficient (Wildman–Crippen LogP) is 3.20. The normalized spacial score (nSPS) is 12.4. The van der Waals surface area contributed by atoms with Crippen molar-refractivity contribution in [3.05, 3.63) is 31.4 Å². The van der Waals surface area contributed by atoms with Gasteiger partial charge in [-0.25, -0.2) is 4.98 Å². The lowest BCUT2D eigenvalue weighted by atomic mass is 10.2. The van der Waals surface area contributed by atoms with Gasteiger partial charge in [0.1, 0.15) is 0 Å². The Morgan fingerprint density at radius 2 is 2.05 bits per heavy atom. The summed E-state index contributed by atoms with van der Waals surface area (Å²) >= 11 is 3.04. The van der Waals surface area contributed by atoms with Crippen LogP contribution in [0.25, 0.3) is 0 Å². The minimum atomic E-state index is -0.0808. The summed E-state index contributed by atoms with van der Waals surface area (Å²) in [4.78, 5) is 19.3. The van der Waals surface area contributed by atoms with Gasteiger partial charge in [-0.05, 0) is 33.8 Å². The van der Waals surface area contributed by atoms with E-state index in [1.165, 1.54) is 11.3 Å². The van der Waals surface area contributed by atoms with Gasteiger partial charge in [0, 0.05) is 15.4 Å². The fourth-order valence-corrected chi connectivity index (χ4v) is 3.66. The van der Waals surface area contributed by atoms with Gasteiger partial charge in [-0.2, -0.15) is 0 Å².